The van der Waals surface area contributed by atoms with E-state index in [9.17, 15) is 14.4 Å². The van der Waals surface area contributed by atoms with Crippen molar-refractivity contribution in [2.45, 2.75) is 18.9 Å². The van der Waals surface area contributed by atoms with Gasteiger partial charge >= 0.3 is 6.03 Å². The van der Waals surface area contributed by atoms with Crippen LogP contribution in [0.2, 0.25) is 0 Å². The van der Waals surface area contributed by atoms with Crippen molar-refractivity contribution in [2.24, 2.45) is 0 Å². The molecule has 0 radical (unpaired) electrons. The second kappa shape index (κ2) is 4.29. The molecule has 2 aliphatic heterocycles. The second-order valence-electron chi connectivity index (χ2n) is 5.16. The number of pyridine rings is 1. The summed E-state index contributed by atoms with van der Waals surface area (Å²) in [5.41, 5.74) is 0.351. The maximum Gasteiger partial charge on any atom is 0.322 e. The smallest absolute Gasteiger partial charge is 0.322 e. The molecule has 0 saturated carbocycles. The van der Waals surface area contributed by atoms with Crippen molar-refractivity contribution in [1.29, 1.82) is 0 Å². The predicted octanol–water partition coefficient (Wildman–Crippen LogP) is -0.186. The number of aromatic nitrogens is 1. The first kappa shape index (κ1) is 12.6. The normalized spacial score (nSPS) is 24.9. The third-order valence-electron chi connectivity index (χ3n) is 3.73. The Morgan fingerprint density at radius 2 is 2.20 bits per heavy atom. The standard InChI is InChI=1S/C13H14N4O3/c1-8-2-3-9(6-14-8)10(18)17-5-4-13(7-17)11(19)15-12(20)16-13/h2-3,6H,4-5,7H2,1H3,(H2,15,16,19,20). The third-order valence-corrected chi connectivity index (χ3v) is 3.73. The summed E-state index contributed by atoms with van der Waals surface area (Å²) in [4.78, 5) is 41.0. The zero-order valence-corrected chi connectivity index (χ0v) is 11.0. The van der Waals surface area contributed by atoms with Crippen molar-refractivity contribution in [3.63, 3.8) is 0 Å². The van der Waals surface area contributed by atoms with Gasteiger partial charge in [0.05, 0.1) is 12.1 Å². The van der Waals surface area contributed by atoms with E-state index >= 15 is 0 Å². The minimum absolute atomic E-state index is 0.177. The Balaban J connectivity index is 1.77. The number of hydrogen-bond donors (Lipinski definition) is 2. The fourth-order valence-corrected chi connectivity index (χ4v) is 2.58. The molecule has 2 aliphatic rings. The summed E-state index contributed by atoms with van der Waals surface area (Å²) in [6, 6.07) is 2.98. The van der Waals surface area contributed by atoms with E-state index in [1.807, 2.05) is 6.92 Å². The zero-order valence-electron chi connectivity index (χ0n) is 11.0. The Hall–Kier alpha value is -2.44. The molecule has 2 N–H and O–H groups in total. The topological polar surface area (TPSA) is 91.4 Å². The Kier molecular flexibility index (Phi) is 2.70. The van der Waals surface area contributed by atoms with E-state index in [1.165, 1.54) is 6.20 Å². The first-order valence-corrected chi connectivity index (χ1v) is 6.36. The van der Waals surface area contributed by atoms with E-state index < -0.39 is 11.6 Å². The van der Waals surface area contributed by atoms with Crippen LogP contribution in [0.25, 0.3) is 0 Å². The molecule has 0 aliphatic carbocycles. The number of amides is 4. The van der Waals surface area contributed by atoms with Gasteiger partial charge in [-0.3, -0.25) is 19.9 Å². The highest BCUT2D eigenvalue weighted by Crippen LogP contribution is 2.25. The van der Waals surface area contributed by atoms with E-state index in [1.54, 1.807) is 17.0 Å². The molecule has 2 saturated heterocycles. The molecule has 1 atom stereocenters. The number of nitrogens with one attached hydrogen (secondary N) is 2. The third kappa shape index (κ3) is 1.91. The molecule has 7 nitrogen and oxygen atoms in total. The summed E-state index contributed by atoms with van der Waals surface area (Å²) in [7, 11) is 0. The molecule has 104 valence electrons. The quantitative estimate of drug-likeness (QED) is 0.695. The fraction of sp³-hybridized carbons (Fsp3) is 0.385. The van der Waals surface area contributed by atoms with E-state index in [4.69, 9.17) is 0 Å². The number of rotatable bonds is 1. The second-order valence-corrected chi connectivity index (χ2v) is 5.16. The number of hydrogen-bond acceptors (Lipinski definition) is 4. The monoisotopic (exact) mass is 274 g/mol. The highest BCUT2D eigenvalue weighted by atomic mass is 16.2. The van der Waals surface area contributed by atoms with Gasteiger partial charge in [0.2, 0.25) is 0 Å². The van der Waals surface area contributed by atoms with Gasteiger partial charge in [0.25, 0.3) is 11.8 Å². The molecule has 1 aromatic rings. The molecule has 3 heterocycles. The highest BCUT2D eigenvalue weighted by Gasteiger charge is 2.51. The highest BCUT2D eigenvalue weighted by molar-refractivity contribution is 6.08. The fourth-order valence-electron chi connectivity index (χ4n) is 2.58. The molecule has 1 unspecified atom stereocenters. The number of urea groups is 1. The van der Waals surface area contributed by atoms with Crippen LogP contribution in [-0.4, -0.2) is 46.4 Å². The molecular weight excluding hydrogens is 260 g/mol. The molecule has 1 spiro atoms. The van der Waals surface area contributed by atoms with Gasteiger partial charge < -0.3 is 10.2 Å². The minimum Gasteiger partial charge on any atom is -0.336 e. The SMILES string of the molecule is Cc1ccc(C(=O)N2CCC3(C2)NC(=O)NC3=O)cn1. The summed E-state index contributed by atoms with van der Waals surface area (Å²) in [6.07, 6.45) is 1.95. The van der Waals surface area contributed by atoms with Gasteiger partial charge in [0, 0.05) is 18.4 Å². The molecule has 0 aromatic carbocycles. The van der Waals surface area contributed by atoms with Crippen LogP contribution in [0.5, 0.6) is 0 Å². The Bertz CT molecular complexity index is 598. The summed E-state index contributed by atoms with van der Waals surface area (Å²) in [6.45, 7) is 2.47. The lowest BCUT2D eigenvalue weighted by molar-refractivity contribution is -0.123. The average Bonchev–Trinajstić information content (AvgIpc) is 2.95. The van der Waals surface area contributed by atoms with Crippen molar-refractivity contribution in [3.05, 3.63) is 29.6 Å². The summed E-state index contributed by atoms with van der Waals surface area (Å²) in [5.74, 6) is -0.539. The van der Waals surface area contributed by atoms with Crippen LogP contribution in [0.15, 0.2) is 18.3 Å². The minimum atomic E-state index is -0.967. The maximum absolute atomic E-state index is 12.3. The van der Waals surface area contributed by atoms with E-state index in [-0.39, 0.29) is 18.4 Å². The molecule has 7 heteroatoms. The number of carbonyl (C=O) groups is 3. The molecule has 0 bridgehead atoms. The first-order chi connectivity index (χ1) is 9.50. The summed E-state index contributed by atoms with van der Waals surface area (Å²) in [5, 5.41) is 4.83. The van der Waals surface area contributed by atoms with E-state index in [0.717, 1.165) is 5.69 Å². The van der Waals surface area contributed by atoms with Crippen LogP contribution >= 0.6 is 0 Å². The lowest BCUT2D eigenvalue weighted by Gasteiger charge is -2.21. The molecule has 20 heavy (non-hydrogen) atoms. The van der Waals surface area contributed by atoms with Gasteiger partial charge in [-0.25, -0.2) is 4.79 Å². The number of nitrogens with zero attached hydrogens (tertiary/aromatic N) is 2. The van der Waals surface area contributed by atoms with Gasteiger partial charge in [-0.2, -0.15) is 0 Å². The summed E-state index contributed by atoms with van der Waals surface area (Å²) < 4.78 is 0. The van der Waals surface area contributed by atoms with Crippen LogP contribution in [0.1, 0.15) is 22.5 Å². The molecule has 4 amide bonds. The first-order valence-electron chi connectivity index (χ1n) is 6.36. The van der Waals surface area contributed by atoms with Gasteiger partial charge in [-0.1, -0.05) is 0 Å². The van der Waals surface area contributed by atoms with Gasteiger partial charge in [-0.05, 0) is 25.5 Å². The lowest BCUT2D eigenvalue weighted by atomic mass is 9.99. The van der Waals surface area contributed by atoms with Crippen molar-refractivity contribution < 1.29 is 14.4 Å². The van der Waals surface area contributed by atoms with Crippen molar-refractivity contribution >= 4 is 17.8 Å². The largest absolute Gasteiger partial charge is 0.336 e. The van der Waals surface area contributed by atoms with Crippen molar-refractivity contribution in [2.75, 3.05) is 13.1 Å². The van der Waals surface area contributed by atoms with Gasteiger partial charge in [0.1, 0.15) is 5.54 Å². The molecule has 3 rings (SSSR count). The van der Waals surface area contributed by atoms with Crippen LogP contribution in [-0.2, 0) is 4.79 Å². The van der Waals surface area contributed by atoms with Crippen LogP contribution < -0.4 is 10.6 Å². The maximum atomic E-state index is 12.3. The van der Waals surface area contributed by atoms with E-state index in [2.05, 4.69) is 15.6 Å². The van der Waals surface area contributed by atoms with Crippen LogP contribution in [0, 0.1) is 6.92 Å². The molecule has 2 fully saturated rings. The molecule has 1 aromatic heterocycles. The Morgan fingerprint density at radius 1 is 1.40 bits per heavy atom. The number of imide groups is 1. The Morgan fingerprint density at radius 3 is 2.80 bits per heavy atom. The average molecular weight is 274 g/mol. The Labute approximate surface area is 115 Å². The van der Waals surface area contributed by atoms with Gasteiger partial charge in [-0.15, -0.1) is 0 Å². The lowest BCUT2D eigenvalue weighted by Crippen LogP contribution is -2.49. The zero-order chi connectivity index (χ0) is 14.3. The van der Waals surface area contributed by atoms with E-state index in [0.29, 0.717) is 18.5 Å². The van der Waals surface area contributed by atoms with Crippen molar-refractivity contribution in [3.8, 4) is 0 Å². The molecular formula is C13H14N4O3. The van der Waals surface area contributed by atoms with Crippen molar-refractivity contribution in [1.82, 2.24) is 20.5 Å². The van der Waals surface area contributed by atoms with Gasteiger partial charge in [0.15, 0.2) is 0 Å². The number of carbonyl (C=O) groups excluding carboxylic acids is 3. The van der Waals surface area contributed by atoms with Crippen LogP contribution in [0.4, 0.5) is 4.79 Å². The predicted molar refractivity (Wildman–Crippen MR) is 68.9 cm³/mol. The summed E-state index contributed by atoms with van der Waals surface area (Å²) >= 11 is 0. The number of likely N-dealkylation sites (tertiary alicyclic amines) is 1. The van der Waals surface area contributed by atoms with Crippen LogP contribution in [0.3, 0.4) is 0 Å². The number of aryl methyl sites for hydroxylation is 1.